The number of nitrogens with two attached hydrogens (primary N) is 1. The number of aliphatic hydroxyl groups excluding tert-OH is 1. The van der Waals surface area contributed by atoms with E-state index in [2.05, 4.69) is 31.2 Å². The smallest absolute Gasteiger partial charge is 0.253 e. The lowest BCUT2D eigenvalue weighted by Gasteiger charge is -2.18. The van der Waals surface area contributed by atoms with Gasteiger partial charge in [-0.3, -0.25) is 9.78 Å². The summed E-state index contributed by atoms with van der Waals surface area (Å²) in [5.74, 6) is 1.56. The number of rotatable bonds is 7. The van der Waals surface area contributed by atoms with E-state index in [4.69, 9.17) is 5.73 Å². The van der Waals surface area contributed by atoms with E-state index < -0.39 is 0 Å². The van der Waals surface area contributed by atoms with Gasteiger partial charge in [0.15, 0.2) is 0 Å². The van der Waals surface area contributed by atoms with Crippen molar-refractivity contribution in [1.29, 1.82) is 0 Å². The first-order valence-electron chi connectivity index (χ1n) is 11.7. The van der Waals surface area contributed by atoms with E-state index in [9.17, 15) is 9.90 Å². The van der Waals surface area contributed by atoms with E-state index in [1.165, 1.54) is 0 Å². The molecule has 0 aliphatic carbocycles. The maximum absolute atomic E-state index is 12.8. The van der Waals surface area contributed by atoms with Crippen molar-refractivity contribution in [2.75, 3.05) is 30.3 Å². The van der Waals surface area contributed by atoms with Crippen molar-refractivity contribution in [3.05, 3.63) is 89.5 Å². The van der Waals surface area contributed by atoms with Gasteiger partial charge in [0, 0.05) is 62.3 Å². The Balaban J connectivity index is 1.24. The first-order chi connectivity index (χ1) is 17.1. The van der Waals surface area contributed by atoms with Gasteiger partial charge in [0.05, 0.1) is 5.56 Å². The van der Waals surface area contributed by atoms with Crippen molar-refractivity contribution in [1.82, 2.24) is 20.3 Å². The van der Waals surface area contributed by atoms with Crippen LogP contribution in [0, 0.1) is 5.92 Å². The van der Waals surface area contributed by atoms with E-state index in [0.717, 1.165) is 52.8 Å². The molecule has 4 aromatic rings. The van der Waals surface area contributed by atoms with Crippen molar-refractivity contribution < 1.29 is 9.90 Å². The Morgan fingerprint density at radius 3 is 2.80 bits per heavy atom. The molecule has 1 aliphatic heterocycles. The van der Waals surface area contributed by atoms with E-state index in [0.29, 0.717) is 30.3 Å². The van der Waals surface area contributed by atoms with Gasteiger partial charge in [-0.2, -0.15) is 0 Å². The van der Waals surface area contributed by atoms with Crippen molar-refractivity contribution in [2.24, 2.45) is 5.92 Å². The monoisotopic (exact) mass is 468 g/mol. The molecule has 1 atom stereocenters. The molecule has 1 fully saturated rings. The van der Waals surface area contributed by atoms with E-state index in [-0.39, 0.29) is 12.5 Å². The quantitative estimate of drug-likeness (QED) is 0.382. The third-order valence-corrected chi connectivity index (χ3v) is 6.46. The minimum Gasteiger partial charge on any atom is -0.396 e. The number of pyridine rings is 3. The van der Waals surface area contributed by atoms with E-state index in [1.54, 1.807) is 18.6 Å². The number of hydrogen-bond acceptors (Lipinski definition) is 7. The van der Waals surface area contributed by atoms with Crippen LogP contribution in [0.5, 0.6) is 0 Å². The third-order valence-electron chi connectivity index (χ3n) is 6.46. The van der Waals surface area contributed by atoms with Gasteiger partial charge in [-0.1, -0.05) is 12.1 Å². The summed E-state index contributed by atoms with van der Waals surface area (Å²) in [6.07, 6.45) is 8.50. The van der Waals surface area contributed by atoms with Gasteiger partial charge >= 0.3 is 0 Å². The van der Waals surface area contributed by atoms with Crippen LogP contribution in [0.4, 0.5) is 11.6 Å². The summed E-state index contributed by atoms with van der Waals surface area (Å²) in [5.41, 5.74) is 9.49. The molecule has 3 aromatic heterocycles. The lowest BCUT2D eigenvalue weighted by molar-refractivity contribution is 0.0950. The van der Waals surface area contributed by atoms with Crippen molar-refractivity contribution in [3.8, 4) is 0 Å². The number of anilines is 2. The Labute approximate surface area is 203 Å². The summed E-state index contributed by atoms with van der Waals surface area (Å²) in [5, 5.41) is 14.3. The molecule has 8 nitrogen and oxygen atoms in total. The van der Waals surface area contributed by atoms with Crippen molar-refractivity contribution in [3.63, 3.8) is 0 Å². The Morgan fingerprint density at radius 1 is 1.06 bits per heavy atom. The van der Waals surface area contributed by atoms with Gasteiger partial charge in [-0.25, -0.2) is 9.97 Å². The lowest BCUT2D eigenvalue weighted by atomic mass is 10.1. The average molecular weight is 469 g/mol. The lowest BCUT2D eigenvalue weighted by Crippen LogP contribution is -2.23. The number of fused-ring (bicyclic) bond motifs is 1. The van der Waals surface area contributed by atoms with Gasteiger partial charge in [0.2, 0.25) is 0 Å². The predicted molar refractivity (Wildman–Crippen MR) is 136 cm³/mol. The summed E-state index contributed by atoms with van der Waals surface area (Å²) in [4.78, 5) is 27.9. The van der Waals surface area contributed by atoms with Crippen LogP contribution in [-0.2, 0) is 13.0 Å². The van der Waals surface area contributed by atoms with Gasteiger partial charge in [-0.05, 0) is 65.3 Å². The van der Waals surface area contributed by atoms with Crippen LogP contribution in [0.2, 0.25) is 0 Å². The molecule has 0 saturated carbocycles. The molecule has 0 bridgehead atoms. The molecule has 1 amide bonds. The Morgan fingerprint density at radius 2 is 1.94 bits per heavy atom. The summed E-state index contributed by atoms with van der Waals surface area (Å²) >= 11 is 0. The topological polar surface area (TPSA) is 117 Å². The zero-order valence-electron chi connectivity index (χ0n) is 19.4. The molecule has 1 saturated heterocycles. The molecule has 8 heteroatoms. The number of benzene rings is 1. The first kappa shape index (κ1) is 22.7. The Kier molecular flexibility index (Phi) is 6.54. The molecule has 1 aromatic carbocycles. The molecule has 5 rings (SSSR count). The van der Waals surface area contributed by atoms with Crippen LogP contribution in [0.15, 0.2) is 67.3 Å². The molecule has 4 heterocycles. The second-order valence-corrected chi connectivity index (χ2v) is 9.00. The first-order valence-corrected chi connectivity index (χ1v) is 11.7. The minimum absolute atomic E-state index is 0.170. The largest absolute Gasteiger partial charge is 0.396 e. The summed E-state index contributed by atoms with van der Waals surface area (Å²) in [7, 11) is 0. The van der Waals surface area contributed by atoms with Crippen LogP contribution in [0.1, 0.15) is 33.5 Å². The second-order valence-electron chi connectivity index (χ2n) is 9.00. The van der Waals surface area contributed by atoms with Crippen LogP contribution >= 0.6 is 0 Å². The van der Waals surface area contributed by atoms with E-state index in [1.807, 2.05) is 42.6 Å². The zero-order chi connectivity index (χ0) is 24.2. The number of nitrogens with one attached hydrogen (secondary N) is 1. The predicted octanol–water partition coefficient (Wildman–Crippen LogP) is 2.95. The molecule has 35 heavy (non-hydrogen) atoms. The summed E-state index contributed by atoms with van der Waals surface area (Å²) in [6.45, 7) is 2.34. The van der Waals surface area contributed by atoms with Crippen LogP contribution in [0.25, 0.3) is 10.8 Å². The Hall–Kier alpha value is -4.04. The number of nitrogen functional groups attached to an aromatic ring is 1. The molecule has 178 valence electrons. The van der Waals surface area contributed by atoms with Gasteiger partial charge in [-0.15, -0.1) is 0 Å². The fourth-order valence-electron chi connectivity index (χ4n) is 4.52. The summed E-state index contributed by atoms with van der Waals surface area (Å²) in [6, 6.07) is 13.7. The number of carbonyl (C=O) groups is 1. The molecule has 0 radical (unpaired) electrons. The molecular weight excluding hydrogens is 440 g/mol. The third kappa shape index (κ3) is 5.22. The highest BCUT2D eigenvalue weighted by atomic mass is 16.3. The second kappa shape index (κ2) is 10.1. The zero-order valence-corrected chi connectivity index (χ0v) is 19.4. The highest BCUT2D eigenvalue weighted by Gasteiger charge is 2.22. The highest BCUT2D eigenvalue weighted by Crippen LogP contribution is 2.23. The number of nitrogens with zero attached hydrogens (tertiary/aromatic N) is 4. The van der Waals surface area contributed by atoms with Gasteiger partial charge < -0.3 is 21.1 Å². The van der Waals surface area contributed by atoms with Gasteiger partial charge in [0.1, 0.15) is 11.6 Å². The van der Waals surface area contributed by atoms with Crippen LogP contribution < -0.4 is 16.0 Å². The van der Waals surface area contributed by atoms with Crippen LogP contribution in [0.3, 0.4) is 0 Å². The number of aromatic nitrogens is 3. The molecule has 1 unspecified atom stereocenters. The molecular formula is C27H28N6O2. The molecule has 1 aliphatic rings. The normalized spacial score (nSPS) is 15.5. The summed E-state index contributed by atoms with van der Waals surface area (Å²) < 4.78 is 0. The van der Waals surface area contributed by atoms with Gasteiger partial charge in [0.25, 0.3) is 5.91 Å². The maximum Gasteiger partial charge on any atom is 0.253 e. The molecule has 4 N–H and O–H groups in total. The number of aliphatic hydroxyl groups is 1. The number of amides is 1. The average Bonchev–Trinajstić information content (AvgIpc) is 3.37. The number of hydrogen-bond donors (Lipinski definition) is 3. The van der Waals surface area contributed by atoms with E-state index >= 15 is 0 Å². The fraction of sp³-hybridized carbons (Fsp3) is 0.259. The minimum atomic E-state index is -0.170. The fourth-order valence-corrected chi connectivity index (χ4v) is 4.52. The maximum atomic E-state index is 12.8. The highest BCUT2D eigenvalue weighted by molar-refractivity contribution is 5.94. The van der Waals surface area contributed by atoms with Crippen molar-refractivity contribution in [2.45, 2.75) is 19.4 Å². The number of carbonyl (C=O) groups excluding carboxylic acids is 1. The Bertz CT molecular complexity index is 1360. The molecule has 0 spiro atoms. The SMILES string of the molecule is Nc1nccc2cc(CNC(=O)c3cncc(Cc4ccnc(N5CCC(CO)C5)c4)c3)ccc12. The van der Waals surface area contributed by atoms with Crippen LogP contribution in [-0.4, -0.2) is 45.7 Å². The standard InChI is InChI=1S/C27H28N6O2/c28-26-24-2-1-19(10-22(24)4-7-31-26)14-32-27(35)23-11-21(13-29-15-23)9-18-3-6-30-25(12-18)33-8-5-20(16-33)17-34/h1-4,6-7,10-13,15,20,34H,5,8-9,14,16-17H2,(H2,28,31)(H,32,35). The van der Waals surface area contributed by atoms with Crippen molar-refractivity contribution >= 4 is 28.3 Å².